The summed E-state index contributed by atoms with van der Waals surface area (Å²) in [5, 5.41) is 3.41. The topological polar surface area (TPSA) is 72.8 Å². The second kappa shape index (κ2) is 11.3. The lowest BCUT2D eigenvalue weighted by Gasteiger charge is -2.22. The van der Waals surface area contributed by atoms with Crippen molar-refractivity contribution in [3.63, 3.8) is 0 Å². The minimum atomic E-state index is 0.542. The van der Waals surface area contributed by atoms with E-state index in [9.17, 15) is 0 Å². The van der Waals surface area contributed by atoms with Gasteiger partial charge in [-0.1, -0.05) is 60.7 Å². The van der Waals surface area contributed by atoms with Gasteiger partial charge in [0.1, 0.15) is 5.69 Å². The van der Waals surface area contributed by atoms with Gasteiger partial charge in [-0.15, -0.1) is 0 Å². The Morgan fingerprint density at radius 1 is 0.632 bits per heavy atom. The van der Waals surface area contributed by atoms with Crippen molar-refractivity contribution < 1.29 is 4.74 Å². The standard InChI is InChI=1S/C32H29N5O/c1-3-28(19-34-15-1)24-5-9-26(10-6-24)31-32(27-11-7-25(8-12-27)29-4-2-16-35-20-29)37-30(21-36-31)38-22-23-13-17-33-18-14-23/h1-12,15-16,19-21,23,33H,13-14,17-18,22H2. The Morgan fingerprint density at radius 2 is 1.18 bits per heavy atom. The monoisotopic (exact) mass is 499 g/mol. The lowest BCUT2D eigenvalue weighted by Crippen LogP contribution is -2.30. The van der Waals surface area contributed by atoms with E-state index < -0.39 is 0 Å². The van der Waals surface area contributed by atoms with Crippen LogP contribution in [-0.4, -0.2) is 39.6 Å². The lowest BCUT2D eigenvalue weighted by atomic mass is 9.99. The van der Waals surface area contributed by atoms with Gasteiger partial charge in [0.15, 0.2) is 0 Å². The molecule has 0 atom stereocenters. The van der Waals surface area contributed by atoms with E-state index in [0.717, 1.165) is 70.7 Å². The van der Waals surface area contributed by atoms with E-state index in [0.29, 0.717) is 18.4 Å². The first-order valence-electron chi connectivity index (χ1n) is 13.1. The van der Waals surface area contributed by atoms with E-state index in [2.05, 4.69) is 75.9 Å². The fourth-order valence-electron chi connectivity index (χ4n) is 4.81. The summed E-state index contributed by atoms with van der Waals surface area (Å²) in [7, 11) is 0. The molecule has 0 amide bonds. The normalized spacial score (nSPS) is 13.8. The van der Waals surface area contributed by atoms with Crippen molar-refractivity contribution in [2.24, 2.45) is 5.92 Å². The quantitative estimate of drug-likeness (QED) is 0.283. The summed E-state index contributed by atoms with van der Waals surface area (Å²) in [4.78, 5) is 18.3. The number of pyridine rings is 2. The van der Waals surface area contributed by atoms with Gasteiger partial charge in [0.05, 0.1) is 18.5 Å². The second-order valence-electron chi connectivity index (χ2n) is 9.55. The average Bonchev–Trinajstić information content (AvgIpc) is 3.01. The number of benzene rings is 2. The molecule has 1 aliphatic rings. The zero-order chi connectivity index (χ0) is 25.6. The Balaban J connectivity index is 1.33. The Kier molecular flexibility index (Phi) is 7.13. The molecule has 5 aromatic rings. The van der Waals surface area contributed by atoms with Crippen LogP contribution in [0.15, 0.2) is 104 Å². The molecule has 188 valence electrons. The molecule has 1 saturated heterocycles. The number of hydrogen-bond donors (Lipinski definition) is 1. The van der Waals surface area contributed by atoms with Crippen LogP contribution in [0.25, 0.3) is 44.8 Å². The van der Waals surface area contributed by atoms with Gasteiger partial charge in [-0.3, -0.25) is 9.97 Å². The maximum atomic E-state index is 6.15. The van der Waals surface area contributed by atoms with Crippen LogP contribution in [0.2, 0.25) is 0 Å². The summed E-state index contributed by atoms with van der Waals surface area (Å²) in [5.74, 6) is 1.10. The molecule has 0 radical (unpaired) electrons. The number of aromatic nitrogens is 4. The van der Waals surface area contributed by atoms with Crippen LogP contribution in [0.4, 0.5) is 0 Å². The summed E-state index contributed by atoms with van der Waals surface area (Å²) < 4.78 is 6.15. The Morgan fingerprint density at radius 3 is 1.74 bits per heavy atom. The van der Waals surface area contributed by atoms with Crippen LogP contribution in [0, 0.1) is 5.92 Å². The molecule has 1 fully saturated rings. The van der Waals surface area contributed by atoms with Gasteiger partial charge in [0.2, 0.25) is 5.88 Å². The van der Waals surface area contributed by atoms with E-state index in [1.807, 2.05) is 24.5 Å². The van der Waals surface area contributed by atoms with Crippen LogP contribution in [0.5, 0.6) is 5.88 Å². The summed E-state index contributed by atoms with van der Waals surface area (Å²) >= 11 is 0. The minimum Gasteiger partial charge on any atom is -0.476 e. The summed E-state index contributed by atoms with van der Waals surface area (Å²) in [6, 6.07) is 24.8. The first-order chi connectivity index (χ1) is 18.8. The third-order valence-corrected chi connectivity index (χ3v) is 6.98. The number of nitrogens with zero attached hydrogens (tertiary/aromatic N) is 4. The molecule has 1 aliphatic heterocycles. The van der Waals surface area contributed by atoms with E-state index in [-0.39, 0.29) is 0 Å². The minimum absolute atomic E-state index is 0.542. The molecule has 0 unspecified atom stereocenters. The molecule has 6 heteroatoms. The van der Waals surface area contributed by atoms with Crippen molar-refractivity contribution >= 4 is 0 Å². The van der Waals surface area contributed by atoms with Crippen molar-refractivity contribution in [3.8, 4) is 50.6 Å². The van der Waals surface area contributed by atoms with Crippen molar-refractivity contribution in [1.82, 2.24) is 25.3 Å². The predicted octanol–water partition coefficient (Wildman–Crippen LogP) is 6.31. The van der Waals surface area contributed by atoms with Crippen LogP contribution < -0.4 is 10.1 Å². The van der Waals surface area contributed by atoms with E-state index in [1.54, 1.807) is 18.6 Å². The molecule has 0 aliphatic carbocycles. The van der Waals surface area contributed by atoms with Gasteiger partial charge in [-0.2, -0.15) is 0 Å². The SMILES string of the molecule is c1cncc(-c2ccc(-c3ncc(OCC4CCNCC4)nc3-c3ccc(-c4cccnc4)cc3)cc2)c1. The molecule has 0 saturated carbocycles. The average molecular weight is 500 g/mol. The number of ether oxygens (including phenoxy) is 1. The van der Waals surface area contributed by atoms with Crippen LogP contribution >= 0.6 is 0 Å². The molecule has 0 spiro atoms. The summed E-state index contributed by atoms with van der Waals surface area (Å²) in [6.45, 7) is 2.75. The van der Waals surface area contributed by atoms with Crippen molar-refractivity contribution in [2.45, 2.75) is 12.8 Å². The Bertz CT molecular complexity index is 1470. The maximum absolute atomic E-state index is 6.15. The molecule has 1 N–H and O–H groups in total. The molecule has 4 heterocycles. The molecule has 0 bridgehead atoms. The molecule has 38 heavy (non-hydrogen) atoms. The molecular formula is C32H29N5O. The number of hydrogen-bond acceptors (Lipinski definition) is 6. The summed E-state index contributed by atoms with van der Waals surface area (Å²) in [5.41, 5.74) is 8.00. The van der Waals surface area contributed by atoms with E-state index in [1.165, 1.54) is 0 Å². The Hall–Kier alpha value is -4.42. The largest absolute Gasteiger partial charge is 0.476 e. The van der Waals surface area contributed by atoms with Gasteiger partial charge in [0.25, 0.3) is 0 Å². The van der Waals surface area contributed by atoms with E-state index >= 15 is 0 Å². The highest BCUT2D eigenvalue weighted by Crippen LogP contribution is 2.33. The van der Waals surface area contributed by atoms with Crippen LogP contribution in [0.1, 0.15) is 12.8 Å². The zero-order valence-electron chi connectivity index (χ0n) is 21.1. The third kappa shape index (κ3) is 5.45. The second-order valence-corrected chi connectivity index (χ2v) is 9.55. The summed E-state index contributed by atoms with van der Waals surface area (Å²) in [6.07, 6.45) is 11.3. The number of rotatable bonds is 7. The fourth-order valence-corrected chi connectivity index (χ4v) is 4.81. The first-order valence-corrected chi connectivity index (χ1v) is 13.1. The third-order valence-electron chi connectivity index (χ3n) is 6.98. The van der Waals surface area contributed by atoms with Crippen LogP contribution in [-0.2, 0) is 0 Å². The van der Waals surface area contributed by atoms with Gasteiger partial charge < -0.3 is 10.1 Å². The molecule has 2 aromatic carbocycles. The molecular weight excluding hydrogens is 470 g/mol. The van der Waals surface area contributed by atoms with Gasteiger partial charge in [-0.25, -0.2) is 9.97 Å². The van der Waals surface area contributed by atoms with Gasteiger partial charge in [-0.05, 0) is 66.2 Å². The first kappa shape index (κ1) is 23.9. The Labute approximate surface area is 222 Å². The highest BCUT2D eigenvalue weighted by Gasteiger charge is 2.17. The van der Waals surface area contributed by atoms with Gasteiger partial charge >= 0.3 is 0 Å². The van der Waals surface area contributed by atoms with Gasteiger partial charge in [0, 0.05) is 35.9 Å². The number of nitrogens with one attached hydrogen (secondary N) is 1. The van der Waals surface area contributed by atoms with E-state index in [4.69, 9.17) is 14.7 Å². The van der Waals surface area contributed by atoms with Crippen molar-refractivity contribution in [1.29, 1.82) is 0 Å². The fraction of sp³-hybridized carbons (Fsp3) is 0.188. The maximum Gasteiger partial charge on any atom is 0.232 e. The zero-order valence-corrected chi connectivity index (χ0v) is 21.1. The van der Waals surface area contributed by atoms with Crippen LogP contribution in [0.3, 0.4) is 0 Å². The molecule has 6 rings (SSSR count). The number of piperidine rings is 1. The highest BCUT2D eigenvalue weighted by atomic mass is 16.5. The van der Waals surface area contributed by atoms with Crippen molar-refractivity contribution in [3.05, 3.63) is 104 Å². The van der Waals surface area contributed by atoms with Crippen molar-refractivity contribution in [2.75, 3.05) is 19.7 Å². The highest BCUT2D eigenvalue weighted by molar-refractivity contribution is 5.80. The molecule has 6 nitrogen and oxygen atoms in total. The predicted molar refractivity (Wildman–Crippen MR) is 150 cm³/mol. The lowest BCUT2D eigenvalue weighted by molar-refractivity contribution is 0.208. The molecule has 3 aromatic heterocycles. The smallest absolute Gasteiger partial charge is 0.232 e.